The van der Waals surface area contributed by atoms with Crippen molar-refractivity contribution in [2.24, 2.45) is 0 Å². The summed E-state index contributed by atoms with van der Waals surface area (Å²) in [5.41, 5.74) is 1.52. The van der Waals surface area contributed by atoms with Gasteiger partial charge in [0, 0.05) is 13.1 Å². The zero-order valence-corrected chi connectivity index (χ0v) is 13.3. The SMILES string of the molecule is CCCn1c(=O)n(CCc2ccccc2)c(=O)c2sccc21. The fourth-order valence-corrected chi connectivity index (χ4v) is 3.50. The lowest BCUT2D eigenvalue weighted by atomic mass is 10.1. The van der Waals surface area contributed by atoms with Crippen LogP contribution in [0, 0.1) is 0 Å². The molecule has 0 N–H and O–H groups in total. The molecule has 4 nitrogen and oxygen atoms in total. The average molecular weight is 314 g/mol. The molecule has 0 amide bonds. The van der Waals surface area contributed by atoms with Crippen LogP contribution in [0.25, 0.3) is 10.2 Å². The molecule has 0 aliphatic rings. The van der Waals surface area contributed by atoms with Gasteiger partial charge in [0.1, 0.15) is 4.70 Å². The number of aryl methyl sites for hydroxylation is 2. The second-order valence-electron chi connectivity index (χ2n) is 5.26. The molecule has 0 saturated carbocycles. The largest absolute Gasteiger partial charge is 0.331 e. The van der Waals surface area contributed by atoms with Crippen LogP contribution in [0.3, 0.4) is 0 Å². The Labute approximate surface area is 132 Å². The first-order valence-electron chi connectivity index (χ1n) is 7.47. The third-order valence-corrected chi connectivity index (χ3v) is 4.64. The van der Waals surface area contributed by atoms with E-state index in [4.69, 9.17) is 0 Å². The molecule has 0 fully saturated rings. The Morgan fingerprint density at radius 1 is 1.00 bits per heavy atom. The lowest BCUT2D eigenvalue weighted by molar-refractivity contribution is 0.565. The minimum atomic E-state index is -0.200. The van der Waals surface area contributed by atoms with Crippen LogP contribution >= 0.6 is 11.3 Å². The highest BCUT2D eigenvalue weighted by atomic mass is 32.1. The monoisotopic (exact) mass is 314 g/mol. The Hall–Kier alpha value is -2.14. The molecule has 0 unspecified atom stereocenters. The van der Waals surface area contributed by atoms with Crippen LogP contribution < -0.4 is 11.2 Å². The molecule has 0 bridgehead atoms. The Morgan fingerprint density at radius 3 is 2.50 bits per heavy atom. The average Bonchev–Trinajstić information content (AvgIpc) is 3.02. The maximum atomic E-state index is 12.6. The van der Waals surface area contributed by atoms with Gasteiger partial charge >= 0.3 is 5.69 Å². The van der Waals surface area contributed by atoms with Crippen LogP contribution in [-0.4, -0.2) is 9.13 Å². The zero-order chi connectivity index (χ0) is 15.5. The molecule has 0 spiro atoms. The molecule has 3 rings (SSSR count). The minimum absolute atomic E-state index is 0.168. The van der Waals surface area contributed by atoms with Gasteiger partial charge in [-0.3, -0.25) is 13.9 Å². The molecular weight excluding hydrogens is 296 g/mol. The summed E-state index contributed by atoms with van der Waals surface area (Å²) in [6, 6.07) is 11.8. The van der Waals surface area contributed by atoms with E-state index in [9.17, 15) is 9.59 Å². The molecule has 2 heterocycles. The van der Waals surface area contributed by atoms with Gasteiger partial charge in [0.05, 0.1) is 5.52 Å². The predicted molar refractivity (Wildman–Crippen MR) is 90.8 cm³/mol. The first-order valence-corrected chi connectivity index (χ1v) is 8.35. The van der Waals surface area contributed by atoms with Crippen LogP contribution in [0.2, 0.25) is 0 Å². The lowest BCUT2D eigenvalue weighted by Crippen LogP contribution is -2.40. The van der Waals surface area contributed by atoms with E-state index in [0.717, 1.165) is 17.5 Å². The molecule has 0 radical (unpaired) electrons. The smallest absolute Gasteiger partial charge is 0.292 e. The van der Waals surface area contributed by atoms with E-state index in [1.165, 1.54) is 15.9 Å². The van der Waals surface area contributed by atoms with Crippen molar-refractivity contribution < 1.29 is 0 Å². The standard InChI is InChI=1S/C17H18N2O2S/c1-2-10-18-14-9-12-22-15(14)16(20)19(17(18)21)11-8-13-6-4-3-5-7-13/h3-7,9,12H,2,8,10-11H2,1H3. The molecule has 0 saturated heterocycles. The maximum Gasteiger partial charge on any atom is 0.331 e. The van der Waals surface area contributed by atoms with Crippen molar-refractivity contribution in [2.75, 3.05) is 0 Å². The highest BCUT2D eigenvalue weighted by Gasteiger charge is 2.13. The second-order valence-corrected chi connectivity index (χ2v) is 6.18. The molecule has 0 atom stereocenters. The van der Waals surface area contributed by atoms with Gasteiger partial charge in [-0.1, -0.05) is 37.3 Å². The van der Waals surface area contributed by atoms with Crippen molar-refractivity contribution in [3.63, 3.8) is 0 Å². The number of rotatable bonds is 5. The summed E-state index contributed by atoms with van der Waals surface area (Å²) in [4.78, 5) is 25.2. The van der Waals surface area contributed by atoms with Gasteiger partial charge in [0.2, 0.25) is 0 Å². The van der Waals surface area contributed by atoms with Crippen LogP contribution in [-0.2, 0) is 19.5 Å². The number of aromatic nitrogens is 2. The molecule has 5 heteroatoms. The predicted octanol–water partition coefficient (Wildman–Crippen LogP) is 2.88. The summed E-state index contributed by atoms with van der Waals surface area (Å²) in [6.45, 7) is 3.08. The van der Waals surface area contributed by atoms with Crippen LogP contribution in [0.15, 0.2) is 51.4 Å². The highest BCUT2D eigenvalue weighted by Crippen LogP contribution is 2.15. The first-order chi connectivity index (χ1) is 10.7. The maximum absolute atomic E-state index is 12.6. The van der Waals surface area contributed by atoms with Gasteiger partial charge in [0.25, 0.3) is 5.56 Å². The van der Waals surface area contributed by atoms with E-state index in [2.05, 4.69) is 0 Å². The van der Waals surface area contributed by atoms with Crippen molar-refractivity contribution >= 4 is 21.6 Å². The number of fused-ring (bicyclic) bond motifs is 1. The molecule has 0 aliphatic carbocycles. The van der Waals surface area contributed by atoms with Crippen LogP contribution in [0.1, 0.15) is 18.9 Å². The Bertz CT molecular complexity index is 890. The second kappa shape index (κ2) is 6.32. The zero-order valence-electron chi connectivity index (χ0n) is 12.5. The number of benzene rings is 1. The summed E-state index contributed by atoms with van der Waals surface area (Å²) in [7, 11) is 0. The Morgan fingerprint density at radius 2 is 1.77 bits per heavy atom. The van der Waals surface area contributed by atoms with Crippen molar-refractivity contribution in [2.45, 2.75) is 32.9 Å². The third kappa shape index (κ3) is 2.64. The normalized spacial score (nSPS) is 11.1. The number of hydrogen-bond donors (Lipinski definition) is 0. The number of thiophene rings is 1. The lowest BCUT2D eigenvalue weighted by Gasteiger charge is -2.11. The topological polar surface area (TPSA) is 44.0 Å². The molecule has 1 aromatic carbocycles. The van der Waals surface area contributed by atoms with Gasteiger partial charge in [-0.05, 0) is 29.9 Å². The van der Waals surface area contributed by atoms with E-state index >= 15 is 0 Å². The van der Waals surface area contributed by atoms with Crippen molar-refractivity contribution in [3.05, 3.63) is 68.2 Å². The van der Waals surface area contributed by atoms with E-state index in [0.29, 0.717) is 24.2 Å². The van der Waals surface area contributed by atoms with Gasteiger partial charge < -0.3 is 0 Å². The fraction of sp³-hybridized carbons (Fsp3) is 0.294. The fourth-order valence-electron chi connectivity index (χ4n) is 2.66. The molecule has 3 aromatic rings. The van der Waals surface area contributed by atoms with Gasteiger partial charge in [0.15, 0.2) is 0 Å². The molecule has 22 heavy (non-hydrogen) atoms. The van der Waals surface area contributed by atoms with Gasteiger partial charge in [-0.25, -0.2) is 4.79 Å². The van der Waals surface area contributed by atoms with Crippen molar-refractivity contribution in [1.29, 1.82) is 0 Å². The molecule has 114 valence electrons. The van der Waals surface area contributed by atoms with Crippen molar-refractivity contribution in [1.82, 2.24) is 9.13 Å². The molecule has 0 aliphatic heterocycles. The molecular formula is C17H18N2O2S. The Kier molecular flexibility index (Phi) is 4.24. The first kappa shape index (κ1) is 14.8. The number of nitrogens with zero attached hydrogens (tertiary/aromatic N) is 2. The van der Waals surface area contributed by atoms with E-state index in [-0.39, 0.29) is 11.2 Å². The van der Waals surface area contributed by atoms with Gasteiger partial charge in [-0.2, -0.15) is 0 Å². The minimum Gasteiger partial charge on any atom is -0.292 e. The summed E-state index contributed by atoms with van der Waals surface area (Å²) in [5.74, 6) is 0. The third-order valence-electron chi connectivity index (χ3n) is 3.75. The van der Waals surface area contributed by atoms with Crippen molar-refractivity contribution in [3.8, 4) is 0 Å². The summed E-state index contributed by atoms with van der Waals surface area (Å²) in [5, 5.41) is 1.87. The van der Waals surface area contributed by atoms with E-state index in [1.54, 1.807) is 4.57 Å². The van der Waals surface area contributed by atoms with Crippen LogP contribution in [0.4, 0.5) is 0 Å². The summed E-state index contributed by atoms with van der Waals surface area (Å²) >= 11 is 1.41. The quantitative estimate of drug-likeness (QED) is 0.727. The van der Waals surface area contributed by atoms with Gasteiger partial charge in [-0.15, -0.1) is 11.3 Å². The highest BCUT2D eigenvalue weighted by molar-refractivity contribution is 7.17. The summed E-state index contributed by atoms with van der Waals surface area (Å²) in [6.07, 6.45) is 1.54. The Balaban J connectivity index is 2.05. The van der Waals surface area contributed by atoms with Crippen LogP contribution in [0.5, 0.6) is 0 Å². The molecule has 2 aromatic heterocycles. The number of hydrogen-bond acceptors (Lipinski definition) is 3. The van der Waals surface area contributed by atoms with E-state index in [1.807, 2.05) is 48.7 Å². The van der Waals surface area contributed by atoms with E-state index < -0.39 is 0 Å². The summed E-state index contributed by atoms with van der Waals surface area (Å²) < 4.78 is 3.76.